The smallest absolute Gasteiger partial charge is 0.0634 e. The van der Waals surface area contributed by atoms with Gasteiger partial charge >= 0.3 is 0 Å². The minimum Gasteiger partial charge on any atom is -0.376 e. The zero-order valence-electron chi connectivity index (χ0n) is 12.3. The van der Waals surface area contributed by atoms with Gasteiger partial charge in [-0.25, -0.2) is 0 Å². The lowest BCUT2D eigenvalue weighted by Crippen LogP contribution is -2.06. The van der Waals surface area contributed by atoms with Crippen molar-refractivity contribution in [3.05, 3.63) is 48.0 Å². The largest absolute Gasteiger partial charge is 0.376 e. The molecule has 112 valence electrons. The van der Waals surface area contributed by atoms with Gasteiger partial charge in [-0.3, -0.25) is 0 Å². The number of aryl methyl sites for hydroxylation is 3. The summed E-state index contributed by atoms with van der Waals surface area (Å²) < 4.78 is 2.23. The van der Waals surface area contributed by atoms with Gasteiger partial charge in [0.25, 0.3) is 0 Å². The Kier molecular flexibility index (Phi) is 4.77. The molecule has 0 bridgehead atoms. The third kappa shape index (κ3) is 3.38. The van der Waals surface area contributed by atoms with E-state index in [0.29, 0.717) is 6.04 Å². The van der Waals surface area contributed by atoms with Crippen LogP contribution < -0.4 is 5.32 Å². The van der Waals surface area contributed by atoms with E-state index in [2.05, 4.69) is 69.2 Å². The summed E-state index contributed by atoms with van der Waals surface area (Å²) in [4.78, 5) is 3.05. The lowest BCUT2D eigenvalue weighted by Gasteiger charge is -2.17. The molecule has 0 saturated carbocycles. The second kappa shape index (κ2) is 6.43. The Labute approximate surface area is 147 Å². The van der Waals surface area contributed by atoms with Crippen molar-refractivity contribution < 1.29 is 0 Å². The van der Waals surface area contributed by atoms with Gasteiger partial charge in [0.05, 0.1) is 11.7 Å². The van der Waals surface area contributed by atoms with Gasteiger partial charge in [0.1, 0.15) is 0 Å². The maximum atomic E-state index is 3.67. The molecule has 4 heteroatoms. The average Bonchev–Trinajstić information content (AvgIpc) is 2.86. The van der Waals surface area contributed by atoms with Gasteiger partial charge in [0, 0.05) is 18.7 Å². The van der Waals surface area contributed by atoms with Crippen LogP contribution in [-0.2, 0) is 12.8 Å². The van der Waals surface area contributed by atoms with Gasteiger partial charge in [-0.1, -0.05) is 0 Å². The molecule has 1 aliphatic rings. The van der Waals surface area contributed by atoms with Crippen LogP contribution >= 0.6 is 43.2 Å². The van der Waals surface area contributed by atoms with Gasteiger partial charge in [0.2, 0.25) is 0 Å². The zero-order chi connectivity index (χ0) is 15.0. The molecule has 1 aromatic heterocycles. The Morgan fingerprint density at radius 1 is 1.10 bits per heavy atom. The number of halogens is 2. The predicted molar refractivity (Wildman–Crippen MR) is 99.6 cm³/mol. The molecule has 1 aliphatic carbocycles. The van der Waals surface area contributed by atoms with Crippen LogP contribution in [0.5, 0.6) is 0 Å². The molecule has 0 amide bonds. The highest BCUT2D eigenvalue weighted by molar-refractivity contribution is 9.11. The first-order valence-corrected chi connectivity index (χ1v) is 9.78. The highest BCUT2D eigenvalue weighted by Crippen LogP contribution is 2.38. The quantitative estimate of drug-likeness (QED) is 0.578. The minimum absolute atomic E-state index is 0.330. The highest BCUT2D eigenvalue weighted by atomic mass is 79.9. The summed E-state index contributed by atoms with van der Waals surface area (Å²) in [5.41, 5.74) is 3.97. The van der Waals surface area contributed by atoms with Gasteiger partial charge in [0.15, 0.2) is 0 Å². The second-order valence-corrected chi connectivity index (χ2v) is 8.65. The molecule has 3 rings (SSSR count). The van der Waals surface area contributed by atoms with Gasteiger partial charge in [-0.05, 0) is 101 Å². The zero-order valence-corrected chi connectivity index (χ0v) is 16.3. The minimum atomic E-state index is 0.330. The van der Waals surface area contributed by atoms with E-state index >= 15 is 0 Å². The molecule has 1 nitrogen and oxygen atoms in total. The second-order valence-electron chi connectivity index (χ2n) is 5.77. The van der Waals surface area contributed by atoms with E-state index in [1.54, 1.807) is 10.4 Å². The summed E-state index contributed by atoms with van der Waals surface area (Å²) in [5, 5.41) is 3.65. The molecule has 0 spiro atoms. The number of nitrogens with one attached hydrogen (secondary N) is 1. The number of rotatable bonds is 3. The summed E-state index contributed by atoms with van der Waals surface area (Å²) in [7, 11) is 0. The molecule has 1 aromatic carbocycles. The topological polar surface area (TPSA) is 12.0 Å². The standard InChI is InChI=1S/C17H19Br2NS/c1-10-7-13(18)17(14(19)8-10)20-11(2)16-9-12-5-3-4-6-15(12)21-16/h7-9,11,20H,3-6H2,1-2H3. The molecule has 0 aliphatic heterocycles. The maximum Gasteiger partial charge on any atom is 0.0634 e. The van der Waals surface area contributed by atoms with Crippen molar-refractivity contribution >= 4 is 48.9 Å². The third-order valence-corrected chi connectivity index (χ3v) is 6.66. The summed E-state index contributed by atoms with van der Waals surface area (Å²) >= 11 is 9.32. The fourth-order valence-corrected chi connectivity index (χ4v) is 5.76. The number of thiophene rings is 1. The molecular weight excluding hydrogens is 410 g/mol. The Bertz CT molecular complexity index is 616. The van der Waals surface area contributed by atoms with Crippen LogP contribution in [0.25, 0.3) is 0 Å². The van der Waals surface area contributed by atoms with E-state index in [9.17, 15) is 0 Å². The average molecular weight is 429 g/mol. The van der Waals surface area contributed by atoms with Crippen molar-refractivity contribution in [2.75, 3.05) is 5.32 Å². The van der Waals surface area contributed by atoms with Crippen LogP contribution in [0.4, 0.5) is 5.69 Å². The first-order valence-electron chi connectivity index (χ1n) is 7.38. The number of anilines is 1. The van der Waals surface area contributed by atoms with Crippen LogP contribution in [0.1, 0.15) is 46.7 Å². The molecule has 21 heavy (non-hydrogen) atoms. The monoisotopic (exact) mass is 427 g/mol. The van der Waals surface area contributed by atoms with Crippen LogP contribution in [0, 0.1) is 6.92 Å². The van der Waals surface area contributed by atoms with E-state index in [4.69, 9.17) is 0 Å². The number of hydrogen-bond donors (Lipinski definition) is 1. The fraction of sp³-hybridized carbons (Fsp3) is 0.412. The van der Waals surface area contributed by atoms with Crippen molar-refractivity contribution in [3.8, 4) is 0 Å². The summed E-state index contributed by atoms with van der Waals surface area (Å²) in [6.45, 7) is 4.35. The van der Waals surface area contributed by atoms with Crippen molar-refractivity contribution in [2.24, 2.45) is 0 Å². The van der Waals surface area contributed by atoms with Gasteiger partial charge in [-0.15, -0.1) is 11.3 Å². The van der Waals surface area contributed by atoms with E-state index in [-0.39, 0.29) is 0 Å². The Morgan fingerprint density at radius 3 is 2.43 bits per heavy atom. The SMILES string of the molecule is Cc1cc(Br)c(NC(C)c2cc3c(s2)CCCC3)c(Br)c1. The summed E-state index contributed by atoms with van der Waals surface area (Å²) in [6.07, 6.45) is 5.23. The molecule has 1 atom stereocenters. The molecule has 1 heterocycles. The molecule has 0 radical (unpaired) electrons. The Hall–Kier alpha value is -0.320. The van der Waals surface area contributed by atoms with Crippen LogP contribution in [0.2, 0.25) is 0 Å². The maximum absolute atomic E-state index is 3.67. The Morgan fingerprint density at radius 2 is 1.76 bits per heavy atom. The van der Waals surface area contributed by atoms with Crippen LogP contribution in [0.3, 0.4) is 0 Å². The third-order valence-electron chi connectivity index (χ3n) is 3.99. The van der Waals surface area contributed by atoms with E-state index in [1.165, 1.54) is 36.1 Å². The predicted octanol–water partition coefficient (Wildman–Crippen LogP) is 6.63. The highest BCUT2D eigenvalue weighted by Gasteiger charge is 2.18. The van der Waals surface area contributed by atoms with Crippen LogP contribution in [0.15, 0.2) is 27.1 Å². The number of fused-ring (bicyclic) bond motifs is 1. The molecule has 0 saturated heterocycles. The molecule has 1 N–H and O–H groups in total. The van der Waals surface area contributed by atoms with Gasteiger partial charge < -0.3 is 5.32 Å². The fourth-order valence-electron chi connectivity index (χ4n) is 2.85. The van der Waals surface area contributed by atoms with Crippen molar-refractivity contribution in [1.82, 2.24) is 0 Å². The number of hydrogen-bond acceptors (Lipinski definition) is 2. The van der Waals surface area contributed by atoms with Crippen molar-refractivity contribution in [3.63, 3.8) is 0 Å². The molecule has 0 fully saturated rings. The van der Waals surface area contributed by atoms with Gasteiger partial charge in [-0.2, -0.15) is 0 Å². The van der Waals surface area contributed by atoms with E-state index < -0.39 is 0 Å². The molecule has 2 aromatic rings. The Balaban J connectivity index is 1.83. The molecular formula is C17H19Br2NS. The van der Waals surface area contributed by atoms with Crippen LogP contribution in [-0.4, -0.2) is 0 Å². The van der Waals surface area contributed by atoms with Crippen molar-refractivity contribution in [1.29, 1.82) is 0 Å². The van der Waals surface area contributed by atoms with E-state index in [1.807, 2.05) is 11.3 Å². The van der Waals surface area contributed by atoms with Crippen molar-refractivity contribution in [2.45, 2.75) is 45.6 Å². The summed E-state index contributed by atoms with van der Waals surface area (Å²) in [6, 6.07) is 7.04. The molecule has 1 unspecified atom stereocenters. The lowest BCUT2D eigenvalue weighted by molar-refractivity contribution is 0.696. The summed E-state index contributed by atoms with van der Waals surface area (Å²) in [5.74, 6) is 0. The first-order chi connectivity index (χ1) is 10.0. The first kappa shape index (κ1) is 15.6. The van der Waals surface area contributed by atoms with E-state index in [0.717, 1.165) is 14.6 Å². The normalized spacial score (nSPS) is 15.6. The number of benzene rings is 1. The lowest BCUT2D eigenvalue weighted by atomic mass is 9.99.